The van der Waals surface area contributed by atoms with Gasteiger partial charge >= 0.3 is 0 Å². The lowest BCUT2D eigenvalue weighted by Crippen LogP contribution is -2.24. The molecule has 4 heteroatoms. The highest BCUT2D eigenvalue weighted by molar-refractivity contribution is 5.54. The van der Waals surface area contributed by atoms with Crippen LogP contribution in [0.2, 0.25) is 0 Å². The molecule has 0 bridgehead atoms. The molecule has 0 fully saturated rings. The van der Waals surface area contributed by atoms with E-state index in [-0.39, 0.29) is 18.0 Å². The Morgan fingerprint density at radius 1 is 1.33 bits per heavy atom. The summed E-state index contributed by atoms with van der Waals surface area (Å²) in [7, 11) is 3.81. The zero-order valence-electron chi connectivity index (χ0n) is 11.6. The minimum absolute atomic E-state index is 0.127. The Morgan fingerprint density at radius 2 is 2.00 bits per heavy atom. The summed E-state index contributed by atoms with van der Waals surface area (Å²) in [6.07, 6.45) is 0.411. The normalized spacial score (nSPS) is 14.3. The molecule has 1 rings (SSSR count). The quantitative estimate of drug-likeness (QED) is 0.817. The first-order valence-corrected chi connectivity index (χ1v) is 6.30. The lowest BCUT2D eigenvalue weighted by Gasteiger charge is -2.22. The molecule has 0 aliphatic heterocycles. The molecule has 102 valence electrons. The predicted octanol–water partition coefficient (Wildman–Crippen LogP) is 2.31. The number of hydrogen-bond acceptors (Lipinski definition) is 3. The van der Waals surface area contributed by atoms with Crippen molar-refractivity contribution in [3.8, 4) is 0 Å². The number of halogens is 1. The molecule has 1 aromatic rings. The van der Waals surface area contributed by atoms with Crippen molar-refractivity contribution < 1.29 is 9.50 Å². The Bertz CT molecular complexity index is 380. The fraction of sp³-hybridized carbons (Fsp3) is 0.571. The number of aliphatic hydroxyl groups excluding tert-OH is 1. The van der Waals surface area contributed by atoms with Gasteiger partial charge in [-0.15, -0.1) is 0 Å². The van der Waals surface area contributed by atoms with Crippen molar-refractivity contribution in [1.29, 1.82) is 0 Å². The van der Waals surface area contributed by atoms with Gasteiger partial charge in [-0.05, 0) is 44.5 Å². The van der Waals surface area contributed by atoms with Gasteiger partial charge in [-0.2, -0.15) is 0 Å². The average Bonchev–Trinajstić information content (AvgIpc) is 2.28. The largest absolute Gasteiger partial charge is 0.393 e. The Hall–Kier alpha value is -1.13. The van der Waals surface area contributed by atoms with Gasteiger partial charge in [0.05, 0.1) is 6.10 Å². The number of benzene rings is 1. The van der Waals surface area contributed by atoms with Crippen LogP contribution in [0.3, 0.4) is 0 Å². The molecule has 2 unspecified atom stereocenters. The summed E-state index contributed by atoms with van der Waals surface area (Å²) in [6.45, 7) is 4.56. The van der Waals surface area contributed by atoms with Crippen LogP contribution >= 0.6 is 0 Å². The average molecular weight is 254 g/mol. The molecular weight excluding hydrogens is 231 g/mol. The summed E-state index contributed by atoms with van der Waals surface area (Å²) in [5, 5.41) is 12.6. The van der Waals surface area contributed by atoms with E-state index < -0.39 is 0 Å². The Morgan fingerprint density at radius 3 is 2.56 bits per heavy atom. The molecule has 0 saturated carbocycles. The number of anilines is 1. The molecule has 0 radical (unpaired) electrons. The van der Waals surface area contributed by atoms with E-state index in [1.807, 2.05) is 32.0 Å². The van der Waals surface area contributed by atoms with Gasteiger partial charge < -0.3 is 15.3 Å². The van der Waals surface area contributed by atoms with Crippen LogP contribution in [0.5, 0.6) is 0 Å². The number of nitrogens with one attached hydrogen (secondary N) is 1. The standard InChI is InChI=1S/C14H23FN2O/c1-10(18)7-8-16-11(2)13-6-5-12(15)9-14(13)17(3)4/h5-6,9-11,16,18H,7-8H2,1-4H3. The summed E-state index contributed by atoms with van der Waals surface area (Å²) in [6, 6.07) is 4.96. The summed E-state index contributed by atoms with van der Waals surface area (Å²) in [5.74, 6) is -0.223. The molecule has 2 atom stereocenters. The Labute approximate surface area is 109 Å². The van der Waals surface area contributed by atoms with Crippen molar-refractivity contribution in [2.24, 2.45) is 0 Å². The van der Waals surface area contributed by atoms with E-state index in [1.54, 1.807) is 13.0 Å². The zero-order chi connectivity index (χ0) is 13.7. The van der Waals surface area contributed by atoms with Crippen LogP contribution in [0, 0.1) is 5.82 Å². The maximum Gasteiger partial charge on any atom is 0.125 e. The molecule has 0 aromatic heterocycles. The minimum atomic E-state index is -0.300. The number of rotatable bonds is 6. The maximum atomic E-state index is 13.2. The highest BCUT2D eigenvalue weighted by Gasteiger charge is 2.12. The third-order valence-electron chi connectivity index (χ3n) is 2.95. The van der Waals surface area contributed by atoms with Crippen molar-refractivity contribution in [1.82, 2.24) is 5.32 Å². The second-order valence-electron chi connectivity index (χ2n) is 4.91. The van der Waals surface area contributed by atoms with E-state index in [0.29, 0.717) is 6.42 Å². The first kappa shape index (κ1) is 14.9. The molecule has 0 aliphatic rings. The van der Waals surface area contributed by atoms with E-state index in [0.717, 1.165) is 17.8 Å². The first-order chi connectivity index (χ1) is 8.41. The lowest BCUT2D eigenvalue weighted by atomic mass is 10.0. The van der Waals surface area contributed by atoms with Gasteiger partial charge in [0.25, 0.3) is 0 Å². The Kier molecular flexibility index (Phi) is 5.56. The van der Waals surface area contributed by atoms with Crippen molar-refractivity contribution in [3.05, 3.63) is 29.6 Å². The van der Waals surface area contributed by atoms with Crippen LogP contribution < -0.4 is 10.2 Å². The van der Waals surface area contributed by atoms with E-state index >= 15 is 0 Å². The smallest absolute Gasteiger partial charge is 0.125 e. The lowest BCUT2D eigenvalue weighted by molar-refractivity contribution is 0.182. The molecule has 2 N–H and O–H groups in total. The summed E-state index contributed by atoms with van der Waals surface area (Å²) in [4.78, 5) is 1.91. The van der Waals surface area contributed by atoms with Gasteiger partial charge in [0.1, 0.15) is 5.82 Å². The first-order valence-electron chi connectivity index (χ1n) is 6.30. The number of hydrogen-bond donors (Lipinski definition) is 2. The summed E-state index contributed by atoms with van der Waals surface area (Å²) < 4.78 is 13.2. The second-order valence-corrected chi connectivity index (χ2v) is 4.91. The van der Waals surface area contributed by atoms with Crippen molar-refractivity contribution in [2.75, 3.05) is 25.5 Å². The third kappa shape index (κ3) is 4.27. The minimum Gasteiger partial charge on any atom is -0.393 e. The highest BCUT2D eigenvalue weighted by Crippen LogP contribution is 2.25. The second kappa shape index (κ2) is 6.71. The van der Waals surface area contributed by atoms with Crippen LogP contribution in [0.4, 0.5) is 10.1 Å². The van der Waals surface area contributed by atoms with E-state index in [4.69, 9.17) is 0 Å². The van der Waals surface area contributed by atoms with E-state index in [2.05, 4.69) is 5.32 Å². The van der Waals surface area contributed by atoms with Crippen LogP contribution in [-0.4, -0.2) is 31.9 Å². The Balaban J connectivity index is 2.75. The van der Waals surface area contributed by atoms with Crippen LogP contribution in [0.15, 0.2) is 18.2 Å². The predicted molar refractivity (Wildman–Crippen MR) is 73.4 cm³/mol. The van der Waals surface area contributed by atoms with Crippen LogP contribution in [0.1, 0.15) is 31.9 Å². The molecule has 1 aromatic carbocycles. The summed E-state index contributed by atoms with van der Waals surface area (Å²) in [5.41, 5.74) is 1.94. The molecular formula is C14H23FN2O. The fourth-order valence-corrected chi connectivity index (χ4v) is 1.89. The number of nitrogens with zero attached hydrogens (tertiary/aromatic N) is 1. The van der Waals surface area contributed by atoms with Crippen LogP contribution in [0.25, 0.3) is 0 Å². The van der Waals surface area contributed by atoms with Crippen molar-refractivity contribution >= 4 is 5.69 Å². The topological polar surface area (TPSA) is 35.5 Å². The fourth-order valence-electron chi connectivity index (χ4n) is 1.89. The molecule has 0 amide bonds. The molecule has 0 saturated heterocycles. The van der Waals surface area contributed by atoms with E-state index in [9.17, 15) is 9.50 Å². The molecule has 0 spiro atoms. The summed E-state index contributed by atoms with van der Waals surface area (Å²) >= 11 is 0. The zero-order valence-corrected chi connectivity index (χ0v) is 11.6. The SMILES string of the molecule is CC(O)CCNC(C)c1ccc(F)cc1N(C)C. The molecule has 3 nitrogen and oxygen atoms in total. The van der Waals surface area contributed by atoms with E-state index in [1.165, 1.54) is 6.07 Å². The maximum absolute atomic E-state index is 13.2. The third-order valence-corrected chi connectivity index (χ3v) is 2.95. The van der Waals surface area contributed by atoms with Gasteiger partial charge in [-0.25, -0.2) is 4.39 Å². The molecule has 0 heterocycles. The molecule has 18 heavy (non-hydrogen) atoms. The van der Waals surface area contributed by atoms with Crippen molar-refractivity contribution in [3.63, 3.8) is 0 Å². The van der Waals surface area contributed by atoms with Gasteiger partial charge in [-0.1, -0.05) is 6.07 Å². The van der Waals surface area contributed by atoms with Crippen LogP contribution in [-0.2, 0) is 0 Å². The van der Waals surface area contributed by atoms with Gasteiger partial charge in [0, 0.05) is 25.8 Å². The van der Waals surface area contributed by atoms with Gasteiger partial charge in [-0.3, -0.25) is 0 Å². The van der Waals surface area contributed by atoms with Gasteiger partial charge in [0.2, 0.25) is 0 Å². The van der Waals surface area contributed by atoms with Gasteiger partial charge in [0.15, 0.2) is 0 Å². The van der Waals surface area contributed by atoms with Crippen molar-refractivity contribution in [2.45, 2.75) is 32.4 Å². The number of aliphatic hydroxyl groups is 1. The highest BCUT2D eigenvalue weighted by atomic mass is 19.1. The monoisotopic (exact) mass is 254 g/mol. The molecule has 0 aliphatic carbocycles.